The summed E-state index contributed by atoms with van der Waals surface area (Å²) in [6.45, 7) is 6.51. The fourth-order valence-corrected chi connectivity index (χ4v) is 2.80. The van der Waals surface area contributed by atoms with Crippen LogP contribution in [-0.4, -0.2) is 27.6 Å². The van der Waals surface area contributed by atoms with E-state index in [2.05, 4.69) is 14.9 Å². The summed E-state index contributed by atoms with van der Waals surface area (Å²) in [6, 6.07) is 0. The summed E-state index contributed by atoms with van der Waals surface area (Å²) in [5.41, 5.74) is 6.28. The van der Waals surface area contributed by atoms with Crippen molar-refractivity contribution in [1.29, 1.82) is 0 Å². The molecule has 100 valence electrons. The number of amides is 1. The average Bonchev–Trinajstić information content (AvgIpc) is 3.06. The van der Waals surface area contributed by atoms with E-state index in [1.807, 2.05) is 20.8 Å². The van der Waals surface area contributed by atoms with Crippen LogP contribution in [0.25, 0.3) is 0 Å². The number of rotatable bonds is 5. The van der Waals surface area contributed by atoms with Gasteiger partial charge in [0.15, 0.2) is 0 Å². The molecular weight excluding hydrogens is 248 g/mol. The van der Waals surface area contributed by atoms with Gasteiger partial charge in [-0.2, -0.15) is 0 Å². The van der Waals surface area contributed by atoms with E-state index >= 15 is 0 Å². The summed E-state index contributed by atoms with van der Waals surface area (Å²) in [5.74, 6) is 0.623. The summed E-state index contributed by atoms with van der Waals surface area (Å²) in [6.07, 6.45) is 2.29. The molecule has 1 heterocycles. The first-order valence-electron chi connectivity index (χ1n) is 6.32. The maximum atomic E-state index is 12.3. The second-order valence-corrected chi connectivity index (χ2v) is 6.25. The monoisotopic (exact) mass is 268 g/mol. The SMILES string of the molecule is CC(C)c1nnsc1C(=O)NC(C)(CN)C1CC1. The molecule has 1 aliphatic carbocycles. The lowest BCUT2D eigenvalue weighted by Gasteiger charge is -2.29. The standard InChI is InChI=1S/C12H20N4OS/c1-7(2)9-10(18-16-15-9)11(17)14-12(3,6-13)8-4-5-8/h7-8H,4-6,13H2,1-3H3,(H,14,17). The number of aromatic nitrogens is 2. The van der Waals surface area contributed by atoms with Gasteiger partial charge in [0, 0.05) is 6.54 Å². The smallest absolute Gasteiger partial charge is 0.265 e. The van der Waals surface area contributed by atoms with Crippen molar-refractivity contribution in [3.8, 4) is 0 Å². The quantitative estimate of drug-likeness (QED) is 0.848. The van der Waals surface area contributed by atoms with E-state index in [9.17, 15) is 4.79 Å². The highest BCUT2D eigenvalue weighted by Gasteiger charge is 2.42. The number of nitrogens with two attached hydrogens (primary N) is 1. The highest BCUT2D eigenvalue weighted by molar-refractivity contribution is 7.08. The first-order chi connectivity index (χ1) is 8.48. The van der Waals surface area contributed by atoms with Gasteiger partial charge in [0.2, 0.25) is 0 Å². The van der Waals surface area contributed by atoms with E-state index in [-0.39, 0.29) is 17.4 Å². The average molecular weight is 268 g/mol. The normalized spacial score (nSPS) is 18.7. The van der Waals surface area contributed by atoms with Gasteiger partial charge in [0.1, 0.15) is 4.88 Å². The summed E-state index contributed by atoms with van der Waals surface area (Å²) < 4.78 is 3.88. The molecule has 1 aromatic heterocycles. The molecule has 1 amide bonds. The van der Waals surface area contributed by atoms with Crippen molar-refractivity contribution in [2.24, 2.45) is 11.7 Å². The second kappa shape index (κ2) is 4.93. The number of hydrogen-bond donors (Lipinski definition) is 2. The highest BCUT2D eigenvalue weighted by Crippen LogP contribution is 2.39. The Hall–Kier alpha value is -1.01. The van der Waals surface area contributed by atoms with Gasteiger partial charge >= 0.3 is 0 Å². The Morgan fingerprint density at radius 1 is 1.61 bits per heavy atom. The number of carbonyl (C=O) groups excluding carboxylic acids is 1. The molecule has 0 radical (unpaired) electrons. The zero-order valence-electron chi connectivity index (χ0n) is 11.1. The number of nitrogens with one attached hydrogen (secondary N) is 1. The van der Waals surface area contributed by atoms with Gasteiger partial charge in [-0.05, 0) is 43.1 Å². The van der Waals surface area contributed by atoms with Crippen molar-refractivity contribution in [2.45, 2.75) is 45.1 Å². The molecule has 1 aromatic rings. The second-order valence-electron chi connectivity index (χ2n) is 5.49. The molecule has 1 saturated carbocycles. The van der Waals surface area contributed by atoms with Crippen molar-refractivity contribution in [2.75, 3.05) is 6.54 Å². The van der Waals surface area contributed by atoms with E-state index in [0.717, 1.165) is 30.1 Å². The maximum Gasteiger partial charge on any atom is 0.265 e. The van der Waals surface area contributed by atoms with Gasteiger partial charge in [0.05, 0.1) is 11.2 Å². The molecule has 1 fully saturated rings. The Labute approximate surface area is 111 Å². The molecule has 18 heavy (non-hydrogen) atoms. The van der Waals surface area contributed by atoms with Gasteiger partial charge in [-0.25, -0.2) is 0 Å². The zero-order valence-corrected chi connectivity index (χ0v) is 11.9. The van der Waals surface area contributed by atoms with Gasteiger partial charge in [-0.3, -0.25) is 4.79 Å². The van der Waals surface area contributed by atoms with Crippen LogP contribution in [-0.2, 0) is 0 Å². The third-order valence-corrected chi connectivity index (χ3v) is 4.31. The third kappa shape index (κ3) is 2.54. The van der Waals surface area contributed by atoms with Crippen LogP contribution in [0.3, 0.4) is 0 Å². The van der Waals surface area contributed by atoms with Gasteiger partial charge < -0.3 is 11.1 Å². The first-order valence-corrected chi connectivity index (χ1v) is 7.10. The third-order valence-electron chi connectivity index (χ3n) is 3.57. The molecule has 0 saturated heterocycles. The van der Waals surface area contributed by atoms with Crippen LogP contribution >= 0.6 is 11.5 Å². The van der Waals surface area contributed by atoms with Gasteiger partial charge in [-0.15, -0.1) is 5.10 Å². The molecule has 0 spiro atoms. The minimum Gasteiger partial charge on any atom is -0.345 e. The van der Waals surface area contributed by atoms with Crippen LogP contribution in [0.2, 0.25) is 0 Å². The van der Waals surface area contributed by atoms with Crippen LogP contribution in [0.4, 0.5) is 0 Å². The van der Waals surface area contributed by atoms with E-state index < -0.39 is 0 Å². The number of hydrogen-bond acceptors (Lipinski definition) is 5. The summed E-state index contributed by atoms with van der Waals surface area (Å²) in [4.78, 5) is 12.9. The van der Waals surface area contributed by atoms with E-state index in [0.29, 0.717) is 17.3 Å². The molecule has 5 nitrogen and oxygen atoms in total. The first kappa shape index (κ1) is 13.4. The van der Waals surface area contributed by atoms with Crippen molar-refractivity contribution in [1.82, 2.24) is 14.9 Å². The maximum absolute atomic E-state index is 12.3. The summed E-state index contributed by atoms with van der Waals surface area (Å²) in [7, 11) is 0. The van der Waals surface area contributed by atoms with Crippen molar-refractivity contribution < 1.29 is 4.79 Å². The Bertz CT molecular complexity index is 441. The fourth-order valence-electron chi connectivity index (χ4n) is 2.09. The van der Waals surface area contributed by atoms with Crippen molar-refractivity contribution >= 4 is 17.4 Å². The van der Waals surface area contributed by atoms with E-state index in [1.165, 1.54) is 0 Å². The lowest BCUT2D eigenvalue weighted by Crippen LogP contribution is -2.53. The van der Waals surface area contributed by atoms with Crippen LogP contribution in [0.1, 0.15) is 54.9 Å². The Kier molecular flexibility index (Phi) is 3.68. The van der Waals surface area contributed by atoms with Crippen molar-refractivity contribution in [3.05, 3.63) is 10.6 Å². The van der Waals surface area contributed by atoms with Crippen molar-refractivity contribution in [3.63, 3.8) is 0 Å². The van der Waals surface area contributed by atoms with Crippen LogP contribution in [0.5, 0.6) is 0 Å². The molecule has 2 rings (SSSR count). The Balaban J connectivity index is 2.14. The van der Waals surface area contributed by atoms with E-state index in [1.54, 1.807) is 0 Å². The predicted octanol–water partition coefficient (Wildman–Crippen LogP) is 1.52. The summed E-state index contributed by atoms with van der Waals surface area (Å²) in [5, 5.41) is 7.10. The molecule has 3 N–H and O–H groups in total. The molecule has 1 aliphatic rings. The lowest BCUT2D eigenvalue weighted by molar-refractivity contribution is 0.0900. The zero-order chi connectivity index (χ0) is 13.3. The van der Waals surface area contributed by atoms with Gasteiger partial charge in [-0.1, -0.05) is 18.3 Å². The Morgan fingerprint density at radius 3 is 2.78 bits per heavy atom. The molecule has 1 atom stereocenters. The molecule has 6 heteroatoms. The van der Waals surface area contributed by atoms with Crippen LogP contribution < -0.4 is 11.1 Å². The topological polar surface area (TPSA) is 80.9 Å². The summed E-state index contributed by atoms with van der Waals surface area (Å²) >= 11 is 1.16. The number of nitrogens with zero attached hydrogens (tertiary/aromatic N) is 2. The largest absolute Gasteiger partial charge is 0.345 e. The van der Waals surface area contributed by atoms with Gasteiger partial charge in [0.25, 0.3) is 5.91 Å². The Morgan fingerprint density at radius 2 is 2.28 bits per heavy atom. The fraction of sp³-hybridized carbons (Fsp3) is 0.750. The van der Waals surface area contributed by atoms with Crippen LogP contribution in [0.15, 0.2) is 0 Å². The predicted molar refractivity (Wildman–Crippen MR) is 71.6 cm³/mol. The minimum absolute atomic E-state index is 0.0893. The molecule has 0 bridgehead atoms. The molecule has 0 aromatic carbocycles. The lowest BCUT2D eigenvalue weighted by atomic mass is 9.95. The highest BCUT2D eigenvalue weighted by atomic mass is 32.1. The van der Waals surface area contributed by atoms with E-state index in [4.69, 9.17) is 5.73 Å². The minimum atomic E-state index is -0.296. The number of carbonyl (C=O) groups is 1. The molecule has 1 unspecified atom stereocenters. The molecular formula is C12H20N4OS. The molecule has 0 aliphatic heterocycles. The van der Waals surface area contributed by atoms with Crippen LogP contribution in [0, 0.1) is 5.92 Å².